The molecule has 2 aliphatic rings. The standard InChI is InChI=1S/C14H25N3O2.ClH/c1-9(2)17-7-6-12(14(17)19)16-13(18)11-5-3-4-10(11)8-15;/h9-12H,3-8,15H2,1-2H3,(H,16,18);1H/t10-,11-,12?;/m1./s1. The van der Waals surface area contributed by atoms with Crippen molar-refractivity contribution in [2.24, 2.45) is 17.6 Å². The highest BCUT2D eigenvalue weighted by Crippen LogP contribution is 2.31. The van der Waals surface area contributed by atoms with E-state index in [-0.39, 0.29) is 48.1 Å². The Hall–Kier alpha value is -0.810. The minimum Gasteiger partial charge on any atom is -0.344 e. The van der Waals surface area contributed by atoms with Gasteiger partial charge in [-0.1, -0.05) is 6.42 Å². The van der Waals surface area contributed by atoms with E-state index in [4.69, 9.17) is 5.73 Å². The summed E-state index contributed by atoms with van der Waals surface area (Å²) in [6.45, 7) is 5.31. The van der Waals surface area contributed by atoms with E-state index in [9.17, 15) is 9.59 Å². The second-order valence-corrected chi connectivity index (χ2v) is 6.01. The van der Waals surface area contributed by atoms with Gasteiger partial charge in [-0.3, -0.25) is 9.59 Å². The lowest BCUT2D eigenvalue weighted by Gasteiger charge is -2.22. The van der Waals surface area contributed by atoms with Crippen molar-refractivity contribution in [2.45, 2.75) is 51.6 Å². The SMILES string of the molecule is CC(C)N1CCC(NC(=O)[C@@H]2CCC[C@@H]2CN)C1=O.Cl. The third-order valence-corrected chi connectivity index (χ3v) is 4.48. The molecule has 0 bridgehead atoms. The Kier molecular flexibility index (Phi) is 6.27. The van der Waals surface area contributed by atoms with Crippen molar-refractivity contribution < 1.29 is 9.59 Å². The Bertz CT molecular complexity index is 362. The zero-order valence-electron chi connectivity index (χ0n) is 12.3. The maximum atomic E-state index is 12.3. The van der Waals surface area contributed by atoms with Crippen LogP contribution >= 0.6 is 12.4 Å². The first kappa shape index (κ1) is 17.2. The van der Waals surface area contributed by atoms with Gasteiger partial charge >= 0.3 is 0 Å². The van der Waals surface area contributed by atoms with Crippen molar-refractivity contribution in [3.8, 4) is 0 Å². The third kappa shape index (κ3) is 3.44. The van der Waals surface area contributed by atoms with Crippen molar-refractivity contribution in [1.82, 2.24) is 10.2 Å². The second-order valence-electron chi connectivity index (χ2n) is 6.01. The lowest BCUT2D eigenvalue weighted by Crippen LogP contribution is -2.46. The van der Waals surface area contributed by atoms with Gasteiger partial charge in [0.2, 0.25) is 11.8 Å². The number of carbonyl (C=O) groups is 2. The topological polar surface area (TPSA) is 75.4 Å². The first-order valence-electron chi connectivity index (χ1n) is 7.35. The number of nitrogens with zero attached hydrogens (tertiary/aromatic N) is 1. The molecule has 0 aromatic rings. The number of hydrogen-bond donors (Lipinski definition) is 2. The summed E-state index contributed by atoms with van der Waals surface area (Å²) >= 11 is 0. The zero-order valence-corrected chi connectivity index (χ0v) is 13.1. The van der Waals surface area contributed by atoms with Crippen LogP contribution in [0.25, 0.3) is 0 Å². The van der Waals surface area contributed by atoms with Crippen LogP contribution in [0.4, 0.5) is 0 Å². The molecule has 3 N–H and O–H groups in total. The summed E-state index contributed by atoms with van der Waals surface area (Å²) in [7, 11) is 0. The van der Waals surface area contributed by atoms with Crippen LogP contribution < -0.4 is 11.1 Å². The van der Waals surface area contributed by atoms with Gasteiger partial charge in [0.1, 0.15) is 6.04 Å². The lowest BCUT2D eigenvalue weighted by atomic mass is 9.95. The van der Waals surface area contributed by atoms with E-state index in [1.54, 1.807) is 0 Å². The molecule has 1 aliphatic carbocycles. The van der Waals surface area contributed by atoms with Gasteiger partial charge in [-0.15, -0.1) is 12.4 Å². The molecule has 1 heterocycles. The van der Waals surface area contributed by atoms with Crippen LogP contribution in [-0.4, -0.2) is 41.9 Å². The first-order valence-corrected chi connectivity index (χ1v) is 7.35. The van der Waals surface area contributed by atoms with E-state index in [0.717, 1.165) is 32.2 Å². The summed E-state index contributed by atoms with van der Waals surface area (Å²) in [6, 6.07) is -0.119. The maximum Gasteiger partial charge on any atom is 0.245 e. The van der Waals surface area contributed by atoms with Crippen molar-refractivity contribution >= 4 is 24.2 Å². The number of halogens is 1. The average Bonchev–Trinajstić information content (AvgIpc) is 2.96. The van der Waals surface area contributed by atoms with Crippen molar-refractivity contribution in [3.63, 3.8) is 0 Å². The molecule has 0 spiro atoms. The minimum atomic E-state index is -0.325. The summed E-state index contributed by atoms with van der Waals surface area (Å²) in [5.41, 5.74) is 5.70. The number of nitrogens with two attached hydrogens (primary N) is 1. The molecule has 0 aromatic carbocycles. The molecular formula is C14H26ClN3O2. The Labute approximate surface area is 127 Å². The second kappa shape index (κ2) is 7.27. The maximum absolute atomic E-state index is 12.3. The van der Waals surface area contributed by atoms with Crippen molar-refractivity contribution in [1.29, 1.82) is 0 Å². The number of nitrogens with one attached hydrogen (secondary N) is 1. The summed E-state index contributed by atoms with van der Waals surface area (Å²) < 4.78 is 0. The molecule has 2 fully saturated rings. The Morgan fingerprint density at radius 1 is 1.40 bits per heavy atom. The molecule has 3 atom stereocenters. The highest BCUT2D eigenvalue weighted by molar-refractivity contribution is 5.90. The Morgan fingerprint density at radius 2 is 2.10 bits per heavy atom. The van der Waals surface area contributed by atoms with Gasteiger partial charge in [-0.2, -0.15) is 0 Å². The molecule has 1 saturated heterocycles. The molecule has 0 radical (unpaired) electrons. The molecule has 1 saturated carbocycles. The number of hydrogen-bond acceptors (Lipinski definition) is 3. The Morgan fingerprint density at radius 3 is 2.65 bits per heavy atom. The van der Waals surface area contributed by atoms with Gasteiger partial charge in [-0.25, -0.2) is 0 Å². The highest BCUT2D eigenvalue weighted by Gasteiger charge is 2.37. The predicted molar refractivity (Wildman–Crippen MR) is 80.5 cm³/mol. The van der Waals surface area contributed by atoms with Crippen LogP contribution in [0.2, 0.25) is 0 Å². The fourth-order valence-electron chi connectivity index (χ4n) is 3.29. The predicted octanol–water partition coefficient (Wildman–Crippen LogP) is 0.909. The molecule has 1 unspecified atom stereocenters. The average molecular weight is 304 g/mol. The molecule has 2 amide bonds. The first-order chi connectivity index (χ1) is 9.04. The van der Waals surface area contributed by atoms with E-state index in [2.05, 4.69) is 5.32 Å². The van der Waals surface area contributed by atoms with Gasteiger partial charge < -0.3 is 16.0 Å². The normalized spacial score (nSPS) is 29.7. The van der Waals surface area contributed by atoms with Crippen molar-refractivity contribution in [3.05, 3.63) is 0 Å². The third-order valence-electron chi connectivity index (χ3n) is 4.48. The molecule has 0 aromatic heterocycles. The number of amides is 2. The minimum absolute atomic E-state index is 0. The molecular weight excluding hydrogens is 278 g/mol. The lowest BCUT2D eigenvalue weighted by molar-refractivity contribution is -0.135. The molecule has 20 heavy (non-hydrogen) atoms. The molecule has 6 heteroatoms. The van der Waals surface area contributed by atoms with Crippen LogP contribution in [-0.2, 0) is 9.59 Å². The zero-order chi connectivity index (χ0) is 14.0. The Balaban J connectivity index is 0.00000200. The number of likely N-dealkylation sites (tertiary alicyclic amines) is 1. The van der Waals surface area contributed by atoms with Crippen LogP contribution in [0.15, 0.2) is 0 Å². The fourth-order valence-corrected chi connectivity index (χ4v) is 3.29. The monoisotopic (exact) mass is 303 g/mol. The quantitative estimate of drug-likeness (QED) is 0.810. The highest BCUT2D eigenvalue weighted by atomic mass is 35.5. The number of carbonyl (C=O) groups excluding carboxylic acids is 2. The summed E-state index contributed by atoms with van der Waals surface area (Å²) in [5, 5.41) is 2.93. The van der Waals surface area contributed by atoms with Gasteiger partial charge in [0, 0.05) is 18.5 Å². The van der Waals surface area contributed by atoms with Gasteiger partial charge in [0.05, 0.1) is 0 Å². The van der Waals surface area contributed by atoms with Crippen LogP contribution in [0, 0.1) is 11.8 Å². The summed E-state index contributed by atoms with van der Waals surface area (Å²) in [4.78, 5) is 26.2. The van der Waals surface area contributed by atoms with Gasteiger partial charge in [0.25, 0.3) is 0 Å². The van der Waals surface area contributed by atoms with E-state index in [0.29, 0.717) is 6.54 Å². The molecule has 116 valence electrons. The van der Waals surface area contributed by atoms with Crippen molar-refractivity contribution in [2.75, 3.05) is 13.1 Å². The molecule has 1 aliphatic heterocycles. The van der Waals surface area contributed by atoms with Crippen LogP contribution in [0.3, 0.4) is 0 Å². The van der Waals surface area contributed by atoms with E-state index >= 15 is 0 Å². The van der Waals surface area contributed by atoms with E-state index < -0.39 is 0 Å². The van der Waals surface area contributed by atoms with E-state index in [1.807, 2.05) is 18.7 Å². The number of rotatable bonds is 4. The van der Waals surface area contributed by atoms with E-state index in [1.165, 1.54) is 0 Å². The van der Waals surface area contributed by atoms with Crippen LogP contribution in [0.5, 0.6) is 0 Å². The van der Waals surface area contributed by atoms with Crippen LogP contribution in [0.1, 0.15) is 39.5 Å². The fraction of sp³-hybridized carbons (Fsp3) is 0.857. The van der Waals surface area contributed by atoms with Gasteiger partial charge in [-0.05, 0) is 45.6 Å². The summed E-state index contributed by atoms with van der Waals surface area (Å²) in [6.07, 6.45) is 3.73. The smallest absolute Gasteiger partial charge is 0.245 e. The largest absolute Gasteiger partial charge is 0.344 e. The molecule has 5 nitrogen and oxygen atoms in total. The molecule has 2 rings (SSSR count). The summed E-state index contributed by atoms with van der Waals surface area (Å²) in [5.74, 6) is 0.381. The van der Waals surface area contributed by atoms with Gasteiger partial charge in [0.15, 0.2) is 0 Å².